The van der Waals surface area contributed by atoms with E-state index >= 15 is 0 Å². The van der Waals surface area contributed by atoms with E-state index in [2.05, 4.69) is 26.1 Å². The van der Waals surface area contributed by atoms with Crippen LogP contribution >= 0.6 is 0 Å². The van der Waals surface area contributed by atoms with Gasteiger partial charge in [0.25, 0.3) is 0 Å². The summed E-state index contributed by atoms with van der Waals surface area (Å²) in [6.07, 6.45) is 2.50. The standard InChI is InChI=1S/C12H25NO3/c1-5-6-7-16-12(14)13-11(9-15-4)8-10(2)3/h10-11H,5-9H2,1-4H3,(H,13,14). The Labute approximate surface area is 98.7 Å². The lowest BCUT2D eigenvalue weighted by Crippen LogP contribution is -2.39. The molecule has 0 spiro atoms. The molecule has 0 radical (unpaired) electrons. The fourth-order valence-corrected chi connectivity index (χ4v) is 1.46. The minimum absolute atomic E-state index is 0.0409. The highest BCUT2D eigenvalue weighted by atomic mass is 16.5. The van der Waals surface area contributed by atoms with Crippen LogP contribution in [-0.2, 0) is 9.47 Å². The van der Waals surface area contributed by atoms with E-state index in [9.17, 15) is 4.79 Å². The molecule has 1 N–H and O–H groups in total. The minimum atomic E-state index is -0.337. The first-order valence-electron chi connectivity index (χ1n) is 6.02. The number of rotatable bonds is 8. The third-order valence-electron chi connectivity index (χ3n) is 2.18. The number of amides is 1. The van der Waals surface area contributed by atoms with Crippen molar-refractivity contribution in [1.29, 1.82) is 0 Å². The predicted octanol–water partition coefficient (Wildman–Crippen LogP) is 2.57. The summed E-state index contributed by atoms with van der Waals surface area (Å²) in [5, 5.41) is 2.82. The van der Waals surface area contributed by atoms with Crippen LogP contribution in [0.5, 0.6) is 0 Å². The number of ether oxygens (including phenoxy) is 2. The molecule has 1 amide bonds. The lowest BCUT2D eigenvalue weighted by atomic mass is 10.0. The Morgan fingerprint density at radius 2 is 2.06 bits per heavy atom. The van der Waals surface area contributed by atoms with Crippen molar-refractivity contribution in [3.05, 3.63) is 0 Å². The largest absolute Gasteiger partial charge is 0.450 e. The van der Waals surface area contributed by atoms with Gasteiger partial charge in [-0.15, -0.1) is 0 Å². The molecular formula is C12H25NO3. The highest BCUT2D eigenvalue weighted by Gasteiger charge is 2.14. The van der Waals surface area contributed by atoms with Crippen LogP contribution < -0.4 is 5.32 Å². The van der Waals surface area contributed by atoms with Gasteiger partial charge in [-0.2, -0.15) is 0 Å². The Balaban J connectivity index is 3.83. The molecule has 0 rings (SSSR count). The van der Waals surface area contributed by atoms with E-state index in [4.69, 9.17) is 9.47 Å². The number of carbonyl (C=O) groups is 1. The molecule has 0 saturated carbocycles. The van der Waals surface area contributed by atoms with E-state index in [1.165, 1.54) is 0 Å². The van der Waals surface area contributed by atoms with Gasteiger partial charge in [-0.3, -0.25) is 0 Å². The molecule has 0 aliphatic rings. The molecule has 0 aliphatic carbocycles. The molecule has 0 saturated heterocycles. The molecule has 0 bridgehead atoms. The van der Waals surface area contributed by atoms with Crippen LogP contribution in [0.2, 0.25) is 0 Å². The van der Waals surface area contributed by atoms with Crippen molar-refractivity contribution in [3.63, 3.8) is 0 Å². The van der Waals surface area contributed by atoms with Gasteiger partial charge < -0.3 is 14.8 Å². The third-order valence-corrected chi connectivity index (χ3v) is 2.18. The van der Waals surface area contributed by atoms with Crippen LogP contribution in [0, 0.1) is 5.92 Å². The summed E-state index contributed by atoms with van der Waals surface area (Å²) >= 11 is 0. The second kappa shape index (κ2) is 9.46. The van der Waals surface area contributed by atoms with Gasteiger partial charge in [0.15, 0.2) is 0 Å². The zero-order valence-corrected chi connectivity index (χ0v) is 10.9. The first-order chi connectivity index (χ1) is 7.60. The van der Waals surface area contributed by atoms with Crippen molar-refractivity contribution in [2.45, 2.75) is 46.1 Å². The van der Waals surface area contributed by atoms with Crippen LogP contribution in [0.3, 0.4) is 0 Å². The van der Waals surface area contributed by atoms with Crippen molar-refractivity contribution < 1.29 is 14.3 Å². The summed E-state index contributed by atoms with van der Waals surface area (Å²) in [5.74, 6) is 0.524. The average molecular weight is 231 g/mol. The fourth-order valence-electron chi connectivity index (χ4n) is 1.46. The number of hydrogen-bond acceptors (Lipinski definition) is 3. The highest BCUT2D eigenvalue weighted by Crippen LogP contribution is 2.05. The van der Waals surface area contributed by atoms with Crippen LogP contribution in [0.1, 0.15) is 40.0 Å². The molecule has 0 aromatic carbocycles. The van der Waals surface area contributed by atoms with Crippen LogP contribution in [0.4, 0.5) is 4.79 Å². The van der Waals surface area contributed by atoms with Gasteiger partial charge in [0.05, 0.1) is 19.3 Å². The van der Waals surface area contributed by atoms with Crippen molar-refractivity contribution in [3.8, 4) is 0 Å². The van der Waals surface area contributed by atoms with E-state index in [1.807, 2.05) is 0 Å². The Kier molecular flexibility index (Phi) is 9.00. The fraction of sp³-hybridized carbons (Fsp3) is 0.917. The number of carbonyl (C=O) groups excluding carboxylic acids is 1. The molecule has 4 heteroatoms. The molecule has 4 nitrogen and oxygen atoms in total. The quantitative estimate of drug-likeness (QED) is 0.653. The van der Waals surface area contributed by atoms with E-state index in [0.717, 1.165) is 19.3 Å². The number of unbranched alkanes of at least 4 members (excludes halogenated alkanes) is 1. The Bertz CT molecular complexity index is 183. The van der Waals surface area contributed by atoms with Gasteiger partial charge in [-0.25, -0.2) is 4.79 Å². The zero-order valence-electron chi connectivity index (χ0n) is 10.9. The lowest BCUT2D eigenvalue weighted by molar-refractivity contribution is 0.120. The predicted molar refractivity (Wildman–Crippen MR) is 64.5 cm³/mol. The molecule has 0 heterocycles. The maximum Gasteiger partial charge on any atom is 0.407 e. The van der Waals surface area contributed by atoms with E-state index in [1.54, 1.807) is 7.11 Å². The number of hydrogen-bond donors (Lipinski definition) is 1. The summed E-state index contributed by atoms with van der Waals surface area (Å²) in [6, 6.07) is 0.0409. The van der Waals surface area contributed by atoms with Gasteiger partial charge >= 0.3 is 6.09 Å². The Morgan fingerprint density at radius 3 is 2.56 bits per heavy atom. The van der Waals surface area contributed by atoms with Crippen LogP contribution in [-0.4, -0.2) is 32.5 Å². The molecular weight excluding hydrogens is 206 g/mol. The van der Waals surface area contributed by atoms with Gasteiger partial charge in [-0.05, 0) is 18.8 Å². The molecule has 0 aromatic rings. The number of nitrogens with one attached hydrogen (secondary N) is 1. The molecule has 1 atom stereocenters. The number of methoxy groups -OCH3 is 1. The minimum Gasteiger partial charge on any atom is -0.450 e. The molecule has 1 unspecified atom stereocenters. The molecule has 0 aromatic heterocycles. The lowest BCUT2D eigenvalue weighted by Gasteiger charge is -2.19. The molecule has 16 heavy (non-hydrogen) atoms. The van der Waals surface area contributed by atoms with Crippen LogP contribution in [0.25, 0.3) is 0 Å². The van der Waals surface area contributed by atoms with Gasteiger partial charge in [0, 0.05) is 7.11 Å². The SMILES string of the molecule is CCCCOC(=O)NC(COC)CC(C)C. The monoisotopic (exact) mass is 231 g/mol. The summed E-state index contributed by atoms with van der Waals surface area (Å²) in [5.41, 5.74) is 0. The molecule has 0 fully saturated rings. The van der Waals surface area contributed by atoms with Crippen molar-refractivity contribution in [1.82, 2.24) is 5.32 Å². The van der Waals surface area contributed by atoms with Gasteiger partial charge in [-0.1, -0.05) is 27.2 Å². The topological polar surface area (TPSA) is 47.6 Å². The Hall–Kier alpha value is -0.770. The highest BCUT2D eigenvalue weighted by molar-refractivity contribution is 5.67. The summed E-state index contributed by atoms with van der Waals surface area (Å²) < 4.78 is 10.1. The maximum atomic E-state index is 11.4. The first kappa shape index (κ1) is 15.2. The second-order valence-corrected chi connectivity index (χ2v) is 4.42. The van der Waals surface area contributed by atoms with E-state index in [0.29, 0.717) is 19.1 Å². The van der Waals surface area contributed by atoms with Gasteiger partial charge in [0.1, 0.15) is 0 Å². The van der Waals surface area contributed by atoms with E-state index in [-0.39, 0.29) is 12.1 Å². The maximum absolute atomic E-state index is 11.4. The average Bonchev–Trinajstić information content (AvgIpc) is 2.17. The van der Waals surface area contributed by atoms with E-state index < -0.39 is 0 Å². The molecule has 0 aliphatic heterocycles. The summed E-state index contributed by atoms with van der Waals surface area (Å²) in [7, 11) is 1.64. The second-order valence-electron chi connectivity index (χ2n) is 4.42. The molecule has 96 valence electrons. The summed E-state index contributed by atoms with van der Waals surface area (Å²) in [6.45, 7) is 7.32. The smallest absolute Gasteiger partial charge is 0.407 e. The third kappa shape index (κ3) is 8.53. The number of alkyl carbamates (subject to hydrolysis) is 1. The zero-order chi connectivity index (χ0) is 12.4. The van der Waals surface area contributed by atoms with Crippen molar-refractivity contribution in [2.24, 2.45) is 5.92 Å². The van der Waals surface area contributed by atoms with Crippen LogP contribution in [0.15, 0.2) is 0 Å². The Morgan fingerprint density at radius 1 is 1.38 bits per heavy atom. The van der Waals surface area contributed by atoms with Crippen molar-refractivity contribution >= 4 is 6.09 Å². The first-order valence-corrected chi connectivity index (χ1v) is 6.02. The van der Waals surface area contributed by atoms with Gasteiger partial charge in [0.2, 0.25) is 0 Å². The van der Waals surface area contributed by atoms with Crippen molar-refractivity contribution in [2.75, 3.05) is 20.3 Å². The normalized spacial score (nSPS) is 12.6. The summed E-state index contributed by atoms with van der Waals surface area (Å²) in [4.78, 5) is 11.4.